The van der Waals surface area contributed by atoms with E-state index in [1.807, 2.05) is 6.92 Å². The summed E-state index contributed by atoms with van der Waals surface area (Å²) < 4.78 is 26.0. The summed E-state index contributed by atoms with van der Waals surface area (Å²) in [5, 5.41) is 9.03. The zero-order valence-corrected chi connectivity index (χ0v) is 8.58. The topological polar surface area (TPSA) is 46.2 Å². The fourth-order valence-corrected chi connectivity index (χ4v) is 1.52. The predicted octanol–water partition coefficient (Wildman–Crippen LogP) is 1.98. The zero-order valence-electron chi connectivity index (χ0n) is 8.58. The zero-order chi connectivity index (χ0) is 11.4. The van der Waals surface area contributed by atoms with Gasteiger partial charge in [0.2, 0.25) is 0 Å². The molecule has 0 radical (unpaired) electrons. The SMILES string of the molecule is CCC(CO)C(N)c1ccc(F)cc1F. The Morgan fingerprint density at radius 2 is 2.07 bits per heavy atom. The maximum absolute atomic E-state index is 13.3. The molecule has 1 rings (SSSR count). The van der Waals surface area contributed by atoms with Crippen LogP contribution < -0.4 is 5.73 Å². The van der Waals surface area contributed by atoms with E-state index < -0.39 is 17.7 Å². The fourth-order valence-electron chi connectivity index (χ4n) is 1.52. The van der Waals surface area contributed by atoms with E-state index in [4.69, 9.17) is 10.8 Å². The third-order valence-electron chi connectivity index (χ3n) is 2.59. The Balaban J connectivity index is 2.94. The molecule has 0 aromatic heterocycles. The number of aliphatic hydroxyl groups is 1. The van der Waals surface area contributed by atoms with Gasteiger partial charge in [-0.1, -0.05) is 13.0 Å². The molecule has 0 bridgehead atoms. The molecule has 0 heterocycles. The van der Waals surface area contributed by atoms with E-state index in [1.165, 1.54) is 12.1 Å². The Bertz CT molecular complexity index is 326. The molecule has 0 spiro atoms. The monoisotopic (exact) mass is 215 g/mol. The minimum Gasteiger partial charge on any atom is -0.396 e. The first kappa shape index (κ1) is 12.1. The van der Waals surface area contributed by atoms with Crippen molar-refractivity contribution in [2.45, 2.75) is 19.4 Å². The highest BCUT2D eigenvalue weighted by Gasteiger charge is 2.20. The van der Waals surface area contributed by atoms with Crippen molar-refractivity contribution in [3.63, 3.8) is 0 Å². The van der Waals surface area contributed by atoms with E-state index in [0.29, 0.717) is 6.42 Å². The molecular formula is C11H15F2NO. The van der Waals surface area contributed by atoms with Crippen LogP contribution in [-0.4, -0.2) is 11.7 Å². The van der Waals surface area contributed by atoms with Gasteiger partial charge in [-0.15, -0.1) is 0 Å². The second kappa shape index (κ2) is 5.19. The molecule has 0 aliphatic heterocycles. The third kappa shape index (κ3) is 2.73. The first-order valence-corrected chi connectivity index (χ1v) is 4.91. The van der Waals surface area contributed by atoms with Gasteiger partial charge in [0, 0.05) is 30.2 Å². The average Bonchev–Trinajstić information content (AvgIpc) is 2.19. The van der Waals surface area contributed by atoms with Gasteiger partial charge in [-0.3, -0.25) is 0 Å². The normalized spacial score (nSPS) is 15.0. The number of nitrogens with two attached hydrogens (primary N) is 1. The Morgan fingerprint density at radius 1 is 1.40 bits per heavy atom. The molecule has 0 aliphatic carbocycles. The molecule has 0 saturated carbocycles. The Labute approximate surface area is 87.7 Å². The van der Waals surface area contributed by atoms with Crippen LogP contribution in [0.3, 0.4) is 0 Å². The van der Waals surface area contributed by atoms with E-state index >= 15 is 0 Å². The number of benzene rings is 1. The van der Waals surface area contributed by atoms with Crippen LogP contribution in [0.25, 0.3) is 0 Å². The van der Waals surface area contributed by atoms with Gasteiger partial charge >= 0.3 is 0 Å². The second-order valence-electron chi connectivity index (χ2n) is 3.54. The van der Waals surface area contributed by atoms with Crippen molar-refractivity contribution in [3.05, 3.63) is 35.4 Å². The Hall–Kier alpha value is -1.00. The summed E-state index contributed by atoms with van der Waals surface area (Å²) in [5.74, 6) is -1.49. The summed E-state index contributed by atoms with van der Waals surface area (Å²) in [6, 6.07) is 2.70. The summed E-state index contributed by atoms with van der Waals surface area (Å²) in [5.41, 5.74) is 6.04. The van der Waals surface area contributed by atoms with Crippen molar-refractivity contribution in [1.82, 2.24) is 0 Å². The maximum Gasteiger partial charge on any atom is 0.130 e. The minimum absolute atomic E-state index is 0.103. The largest absolute Gasteiger partial charge is 0.396 e. The highest BCUT2D eigenvalue weighted by Crippen LogP contribution is 2.24. The van der Waals surface area contributed by atoms with Gasteiger partial charge in [0.1, 0.15) is 11.6 Å². The average molecular weight is 215 g/mol. The highest BCUT2D eigenvalue weighted by molar-refractivity contribution is 5.22. The molecule has 84 valence electrons. The van der Waals surface area contributed by atoms with Crippen molar-refractivity contribution in [3.8, 4) is 0 Å². The van der Waals surface area contributed by atoms with E-state index in [0.717, 1.165) is 6.07 Å². The molecule has 4 heteroatoms. The summed E-state index contributed by atoms with van der Waals surface area (Å²) in [7, 11) is 0. The molecule has 0 amide bonds. The van der Waals surface area contributed by atoms with Crippen molar-refractivity contribution < 1.29 is 13.9 Å². The maximum atomic E-state index is 13.3. The molecule has 2 unspecified atom stereocenters. The van der Waals surface area contributed by atoms with Gasteiger partial charge in [-0.2, -0.15) is 0 Å². The lowest BCUT2D eigenvalue weighted by Crippen LogP contribution is -2.24. The summed E-state index contributed by atoms with van der Waals surface area (Å²) in [4.78, 5) is 0. The molecule has 2 nitrogen and oxygen atoms in total. The van der Waals surface area contributed by atoms with E-state index in [-0.39, 0.29) is 18.1 Å². The molecule has 0 fully saturated rings. The number of halogens is 2. The number of hydrogen-bond acceptors (Lipinski definition) is 2. The van der Waals surface area contributed by atoms with Crippen LogP contribution in [0.15, 0.2) is 18.2 Å². The van der Waals surface area contributed by atoms with Crippen LogP contribution in [0, 0.1) is 17.6 Å². The Morgan fingerprint density at radius 3 is 2.53 bits per heavy atom. The highest BCUT2D eigenvalue weighted by atomic mass is 19.1. The minimum atomic E-state index is -0.658. The number of rotatable bonds is 4. The lowest BCUT2D eigenvalue weighted by atomic mass is 9.92. The molecule has 0 saturated heterocycles. The van der Waals surface area contributed by atoms with E-state index in [9.17, 15) is 8.78 Å². The van der Waals surface area contributed by atoms with Crippen LogP contribution in [0.1, 0.15) is 24.9 Å². The summed E-state index contributed by atoms with van der Waals surface area (Å²) in [6.45, 7) is 1.76. The van der Waals surface area contributed by atoms with Gasteiger partial charge in [-0.25, -0.2) is 8.78 Å². The standard InChI is InChI=1S/C11H15F2NO/c1-2-7(6-15)11(14)9-4-3-8(12)5-10(9)13/h3-5,7,11,15H,2,6,14H2,1H3. The van der Waals surface area contributed by atoms with Crippen molar-refractivity contribution >= 4 is 0 Å². The molecule has 1 aromatic carbocycles. The van der Waals surface area contributed by atoms with Gasteiger partial charge in [0.05, 0.1) is 0 Å². The Kier molecular flexibility index (Phi) is 4.17. The fraction of sp³-hybridized carbons (Fsp3) is 0.455. The van der Waals surface area contributed by atoms with E-state index in [1.54, 1.807) is 0 Å². The van der Waals surface area contributed by atoms with Gasteiger partial charge in [-0.05, 0) is 12.5 Å². The van der Waals surface area contributed by atoms with Crippen LogP contribution in [0.4, 0.5) is 8.78 Å². The van der Waals surface area contributed by atoms with Crippen LogP contribution in [0.2, 0.25) is 0 Å². The van der Waals surface area contributed by atoms with E-state index in [2.05, 4.69) is 0 Å². The lowest BCUT2D eigenvalue weighted by molar-refractivity contribution is 0.199. The molecule has 1 aromatic rings. The van der Waals surface area contributed by atoms with Gasteiger partial charge in [0.15, 0.2) is 0 Å². The molecular weight excluding hydrogens is 200 g/mol. The van der Waals surface area contributed by atoms with Crippen molar-refractivity contribution in [1.29, 1.82) is 0 Å². The van der Waals surface area contributed by atoms with Gasteiger partial charge < -0.3 is 10.8 Å². The quantitative estimate of drug-likeness (QED) is 0.806. The number of aliphatic hydroxyl groups excluding tert-OH is 1. The first-order valence-electron chi connectivity index (χ1n) is 4.91. The van der Waals surface area contributed by atoms with Gasteiger partial charge in [0.25, 0.3) is 0 Å². The van der Waals surface area contributed by atoms with Crippen molar-refractivity contribution in [2.24, 2.45) is 11.7 Å². The van der Waals surface area contributed by atoms with Crippen molar-refractivity contribution in [2.75, 3.05) is 6.61 Å². The van der Waals surface area contributed by atoms with Crippen LogP contribution in [0.5, 0.6) is 0 Å². The predicted molar refractivity (Wildman–Crippen MR) is 54.2 cm³/mol. The number of hydrogen-bond donors (Lipinski definition) is 2. The third-order valence-corrected chi connectivity index (χ3v) is 2.59. The summed E-state index contributed by atoms with van der Waals surface area (Å²) >= 11 is 0. The van der Waals surface area contributed by atoms with Crippen LogP contribution in [-0.2, 0) is 0 Å². The smallest absolute Gasteiger partial charge is 0.130 e. The lowest BCUT2D eigenvalue weighted by Gasteiger charge is -2.21. The molecule has 3 N–H and O–H groups in total. The van der Waals surface area contributed by atoms with Crippen LogP contribution >= 0.6 is 0 Å². The second-order valence-corrected chi connectivity index (χ2v) is 3.54. The molecule has 15 heavy (non-hydrogen) atoms. The molecule has 2 atom stereocenters. The molecule has 0 aliphatic rings. The first-order chi connectivity index (χ1) is 7.10. The summed E-state index contributed by atoms with van der Waals surface area (Å²) in [6.07, 6.45) is 0.647.